The topological polar surface area (TPSA) is 72.1 Å². The lowest BCUT2D eigenvalue weighted by Crippen LogP contribution is -2.66. The molecule has 2 N–H and O–H groups in total. The smallest absolute Gasteiger partial charge is 0.458 e. The van der Waals surface area contributed by atoms with Crippen molar-refractivity contribution in [2.24, 2.45) is 0 Å². The Hall–Kier alpha value is -2.94. The molecular formula is C33H41BO5Si. The van der Waals surface area contributed by atoms with Gasteiger partial charge in [-0.25, -0.2) is 0 Å². The minimum atomic E-state index is -2.71. The highest BCUT2D eigenvalue weighted by molar-refractivity contribution is 6.99. The molecule has 2 heterocycles. The summed E-state index contributed by atoms with van der Waals surface area (Å²) in [5.41, 5.74) is 3.00. The number of aliphatic hydroxyl groups excluding tert-OH is 1. The molecule has 7 heteroatoms. The zero-order valence-electron chi connectivity index (χ0n) is 24.1. The van der Waals surface area contributed by atoms with Crippen molar-refractivity contribution in [3.8, 4) is 0 Å². The summed E-state index contributed by atoms with van der Waals surface area (Å²) in [6, 6.07) is 24.8. The van der Waals surface area contributed by atoms with Gasteiger partial charge in [0.25, 0.3) is 8.32 Å². The second-order valence-electron chi connectivity index (χ2n) is 11.5. The van der Waals surface area contributed by atoms with Crippen molar-refractivity contribution in [3.63, 3.8) is 0 Å². The van der Waals surface area contributed by atoms with Crippen LogP contribution in [0.3, 0.4) is 0 Å². The summed E-state index contributed by atoms with van der Waals surface area (Å²) in [4.78, 5) is 0. The molecule has 0 bridgehead atoms. The number of allylic oxidation sites excluding steroid dienone is 2. The molecule has 210 valence electrons. The van der Waals surface area contributed by atoms with Crippen molar-refractivity contribution in [2.75, 3.05) is 6.61 Å². The maximum atomic E-state index is 10.3. The molecule has 0 spiro atoms. The van der Waals surface area contributed by atoms with Gasteiger partial charge < -0.3 is 23.6 Å². The SMILES string of the molecule is C=C(CO[Si](c1ccccc1)(c1ccccc1)C(C)(C)C)C1=CCB(O)OC1CC/C(C)=C/c1ccc(CO)o1. The van der Waals surface area contributed by atoms with E-state index in [2.05, 4.69) is 82.0 Å². The number of hydrogen-bond acceptors (Lipinski definition) is 5. The van der Waals surface area contributed by atoms with Gasteiger partial charge in [0.15, 0.2) is 0 Å². The molecule has 2 aromatic carbocycles. The van der Waals surface area contributed by atoms with Crippen LogP contribution in [0.1, 0.15) is 52.1 Å². The Balaban J connectivity index is 1.54. The van der Waals surface area contributed by atoms with Crippen molar-refractivity contribution in [3.05, 3.63) is 114 Å². The van der Waals surface area contributed by atoms with E-state index in [-0.39, 0.29) is 17.7 Å². The van der Waals surface area contributed by atoms with Crippen LogP contribution in [0.15, 0.2) is 107 Å². The number of furan rings is 1. The molecule has 1 aliphatic heterocycles. The molecule has 1 aliphatic rings. The number of benzene rings is 2. The maximum absolute atomic E-state index is 10.3. The molecule has 1 atom stereocenters. The molecule has 0 fully saturated rings. The Morgan fingerprint density at radius 3 is 2.23 bits per heavy atom. The van der Waals surface area contributed by atoms with Gasteiger partial charge >= 0.3 is 7.12 Å². The second kappa shape index (κ2) is 13.2. The van der Waals surface area contributed by atoms with Gasteiger partial charge in [0.05, 0.1) is 12.7 Å². The van der Waals surface area contributed by atoms with Crippen LogP contribution in [-0.4, -0.2) is 38.3 Å². The number of aliphatic hydroxyl groups is 1. The van der Waals surface area contributed by atoms with Crippen molar-refractivity contribution in [1.82, 2.24) is 0 Å². The molecular weight excluding hydrogens is 515 g/mol. The van der Waals surface area contributed by atoms with Crippen LogP contribution in [0.5, 0.6) is 0 Å². The summed E-state index contributed by atoms with van der Waals surface area (Å²) >= 11 is 0. The first-order valence-corrected chi connectivity index (χ1v) is 15.9. The third-order valence-electron chi connectivity index (χ3n) is 7.52. The molecule has 0 radical (unpaired) electrons. The molecule has 3 aromatic rings. The molecule has 40 heavy (non-hydrogen) atoms. The zero-order chi connectivity index (χ0) is 28.8. The highest BCUT2D eigenvalue weighted by Gasteiger charge is 2.50. The summed E-state index contributed by atoms with van der Waals surface area (Å²) in [6.45, 7) is 13.5. The average molecular weight is 557 g/mol. The molecule has 0 saturated carbocycles. The van der Waals surface area contributed by atoms with Gasteiger partial charge in [-0.1, -0.05) is 99.7 Å². The number of hydrogen-bond donors (Lipinski definition) is 2. The van der Waals surface area contributed by atoms with E-state index in [4.69, 9.17) is 13.5 Å². The third-order valence-corrected chi connectivity index (χ3v) is 12.5. The molecule has 1 unspecified atom stereocenters. The van der Waals surface area contributed by atoms with E-state index in [1.54, 1.807) is 6.07 Å². The van der Waals surface area contributed by atoms with Gasteiger partial charge in [-0.15, -0.1) is 0 Å². The second-order valence-corrected chi connectivity index (χ2v) is 15.8. The highest BCUT2D eigenvalue weighted by Crippen LogP contribution is 2.38. The van der Waals surface area contributed by atoms with Gasteiger partial charge in [0.1, 0.15) is 18.1 Å². The average Bonchev–Trinajstić information content (AvgIpc) is 3.40. The molecule has 1 aromatic heterocycles. The quantitative estimate of drug-likeness (QED) is 0.288. The van der Waals surface area contributed by atoms with Crippen LogP contribution < -0.4 is 10.4 Å². The Bertz CT molecular complexity index is 1280. The lowest BCUT2D eigenvalue weighted by Gasteiger charge is -2.43. The standard InChI is InChI=1S/C33H41BO5Si/c1-25(22-27-17-18-28(23-35)38-27)16-19-32-31(20-21-34(36)39-32)26(2)24-37-40(33(3,4)5,29-12-8-6-9-13-29)30-14-10-7-11-15-30/h6-15,17-18,20,22,32,35-36H,2,16,19,21,23-24H2,1,3-5H3/b25-22+. The Labute approximate surface area is 240 Å². The van der Waals surface area contributed by atoms with Gasteiger partial charge in [0.2, 0.25) is 0 Å². The molecule has 0 saturated heterocycles. The van der Waals surface area contributed by atoms with Gasteiger partial charge in [0, 0.05) is 6.32 Å². The normalized spacial score (nSPS) is 16.6. The van der Waals surface area contributed by atoms with E-state index < -0.39 is 15.4 Å². The molecule has 0 amide bonds. The van der Waals surface area contributed by atoms with Crippen LogP contribution in [-0.2, 0) is 15.7 Å². The van der Waals surface area contributed by atoms with E-state index in [0.29, 0.717) is 30.9 Å². The van der Waals surface area contributed by atoms with Crippen LogP contribution in [0.2, 0.25) is 11.4 Å². The largest absolute Gasteiger partial charge is 0.459 e. The van der Waals surface area contributed by atoms with E-state index in [1.807, 2.05) is 31.2 Å². The van der Waals surface area contributed by atoms with E-state index in [9.17, 15) is 10.1 Å². The first kappa shape index (κ1) is 30.0. The predicted molar refractivity (Wildman–Crippen MR) is 166 cm³/mol. The Kier molecular flexibility index (Phi) is 9.87. The zero-order valence-corrected chi connectivity index (χ0v) is 25.1. The first-order valence-electron chi connectivity index (χ1n) is 14.0. The summed E-state index contributed by atoms with van der Waals surface area (Å²) in [7, 11) is -3.54. The van der Waals surface area contributed by atoms with Crippen molar-refractivity contribution >= 4 is 31.9 Å². The Morgan fingerprint density at radius 1 is 1.05 bits per heavy atom. The molecule has 0 aliphatic carbocycles. The lowest BCUT2D eigenvalue weighted by molar-refractivity contribution is 0.181. The summed E-state index contributed by atoms with van der Waals surface area (Å²) in [5.74, 6) is 1.25. The van der Waals surface area contributed by atoms with Crippen molar-refractivity contribution < 1.29 is 23.6 Å². The predicted octanol–water partition coefficient (Wildman–Crippen LogP) is 5.89. The molecule has 5 nitrogen and oxygen atoms in total. The van der Waals surface area contributed by atoms with Crippen molar-refractivity contribution in [1.29, 1.82) is 0 Å². The van der Waals surface area contributed by atoms with Gasteiger partial charge in [-0.3, -0.25) is 0 Å². The highest BCUT2D eigenvalue weighted by atomic mass is 28.4. The van der Waals surface area contributed by atoms with Gasteiger partial charge in [-0.05, 0) is 64.5 Å². The van der Waals surface area contributed by atoms with Crippen LogP contribution >= 0.6 is 0 Å². The summed E-state index contributed by atoms with van der Waals surface area (Å²) in [6.07, 6.45) is 5.61. The minimum Gasteiger partial charge on any atom is -0.459 e. The fourth-order valence-corrected chi connectivity index (χ4v) is 10.1. The fourth-order valence-electron chi connectivity index (χ4n) is 5.54. The van der Waals surface area contributed by atoms with E-state index in [0.717, 1.165) is 23.1 Å². The Morgan fingerprint density at radius 2 is 1.68 bits per heavy atom. The monoisotopic (exact) mass is 556 g/mol. The van der Waals surface area contributed by atoms with E-state index >= 15 is 0 Å². The minimum absolute atomic E-state index is 0.118. The first-order chi connectivity index (χ1) is 19.1. The van der Waals surface area contributed by atoms with Crippen LogP contribution in [0.25, 0.3) is 6.08 Å². The lowest BCUT2D eigenvalue weighted by atomic mass is 9.78. The van der Waals surface area contributed by atoms with E-state index in [1.165, 1.54) is 10.4 Å². The van der Waals surface area contributed by atoms with Crippen molar-refractivity contribution in [2.45, 2.75) is 64.6 Å². The summed E-state index contributed by atoms with van der Waals surface area (Å²) in [5, 5.41) is 21.9. The van der Waals surface area contributed by atoms with Gasteiger partial charge in [-0.2, -0.15) is 0 Å². The third kappa shape index (κ3) is 6.85. The molecule has 4 rings (SSSR count). The summed E-state index contributed by atoms with van der Waals surface area (Å²) < 4.78 is 18.7. The fraction of sp³-hybridized carbons (Fsp3) is 0.333. The van der Waals surface area contributed by atoms with Crippen LogP contribution in [0, 0.1) is 0 Å². The maximum Gasteiger partial charge on any atom is 0.458 e. The number of rotatable bonds is 11. The van der Waals surface area contributed by atoms with Crippen LogP contribution in [0.4, 0.5) is 0 Å².